The van der Waals surface area contributed by atoms with Crippen molar-refractivity contribution in [2.45, 2.75) is 58.1 Å². The van der Waals surface area contributed by atoms with Crippen molar-refractivity contribution in [1.29, 1.82) is 0 Å². The van der Waals surface area contributed by atoms with Gasteiger partial charge in [0.1, 0.15) is 0 Å². The zero-order valence-electron chi connectivity index (χ0n) is 15.8. The van der Waals surface area contributed by atoms with Crippen molar-refractivity contribution < 1.29 is 4.74 Å². The van der Waals surface area contributed by atoms with Crippen molar-refractivity contribution >= 4 is 11.3 Å². The molecule has 0 N–H and O–H groups in total. The van der Waals surface area contributed by atoms with E-state index in [2.05, 4.69) is 52.5 Å². The maximum Gasteiger partial charge on any atom is 0.0897 e. The van der Waals surface area contributed by atoms with E-state index in [1.807, 2.05) is 0 Å². The van der Waals surface area contributed by atoms with Crippen LogP contribution in [0.3, 0.4) is 0 Å². The van der Waals surface area contributed by atoms with E-state index in [4.69, 9.17) is 4.74 Å². The van der Waals surface area contributed by atoms with Crippen LogP contribution >= 0.6 is 11.3 Å². The summed E-state index contributed by atoms with van der Waals surface area (Å²) < 4.78 is 6.32. The van der Waals surface area contributed by atoms with E-state index >= 15 is 0 Å². The van der Waals surface area contributed by atoms with Crippen LogP contribution in [0.15, 0.2) is 35.7 Å². The fourth-order valence-electron chi connectivity index (χ4n) is 4.72. The van der Waals surface area contributed by atoms with Gasteiger partial charge in [0.15, 0.2) is 0 Å². The summed E-state index contributed by atoms with van der Waals surface area (Å²) in [5.41, 5.74) is 2.99. The predicted octanol–water partition coefficient (Wildman–Crippen LogP) is 4.85. The molecule has 3 heterocycles. The van der Waals surface area contributed by atoms with Crippen LogP contribution in [0.1, 0.15) is 48.4 Å². The smallest absolute Gasteiger partial charge is 0.0897 e. The van der Waals surface area contributed by atoms with Crippen LogP contribution in [0.5, 0.6) is 0 Å². The molecule has 0 bridgehead atoms. The fraction of sp³-hybridized carbons (Fsp3) is 0.591. The average molecular weight is 371 g/mol. The minimum atomic E-state index is 0.307. The van der Waals surface area contributed by atoms with Gasteiger partial charge in [-0.3, -0.25) is 4.90 Å². The summed E-state index contributed by atoms with van der Waals surface area (Å²) >= 11 is 1.76. The van der Waals surface area contributed by atoms with Gasteiger partial charge in [0.25, 0.3) is 0 Å². The zero-order valence-corrected chi connectivity index (χ0v) is 16.6. The second kappa shape index (κ2) is 8.20. The second-order valence-electron chi connectivity index (χ2n) is 8.02. The zero-order chi connectivity index (χ0) is 17.8. The van der Waals surface area contributed by atoms with E-state index in [1.165, 1.54) is 54.9 Å². The van der Waals surface area contributed by atoms with Gasteiger partial charge in [-0.1, -0.05) is 30.3 Å². The lowest BCUT2D eigenvalue weighted by Crippen LogP contribution is -2.42. The number of aryl methyl sites for hydroxylation is 2. The van der Waals surface area contributed by atoms with Crippen LogP contribution in [0.25, 0.3) is 0 Å². The maximum atomic E-state index is 6.32. The standard InChI is InChI=1S/C22H30N2OS/c1-18-23-20(16-26-18)15-24-13-12-22(17-24,21-9-5-6-14-25-21)11-10-19-7-3-2-4-8-19/h2-4,7-8,16,21H,5-6,9-15,17H2,1H3. The Labute approximate surface area is 161 Å². The van der Waals surface area contributed by atoms with Gasteiger partial charge in [0.2, 0.25) is 0 Å². The minimum Gasteiger partial charge on any atom is -0.378 e. The monoisotopic (exact) mass is 370 g/mol. The van der Waals surface area contributed by atoms with Crippen LogP contribution in [-0.4, -0.2) is 35.7 Å². The topological polar surface area (TPSA) is 25.4 Å². The Hall–Kier alpha value is -1.23. The molecule has 1 aromatic carbocycles. The van der Waals surface area contributed by atoms with E-state index in [9.17, 15) is 0 Å². The number of benzene rings is 1. The van der Waals surface area contributed by atoms with Crippen molar-refractivity contribution in [2.75, 3.05) is 19.7 Å². The highest BCUT2D eigenvalue weighted by Gasteiger charge is 2.45. The molecule has 2 unspecified atom stereocenters. The van der Waals surface area contributed by atoms with Gasteiger partial charge in [-0.05, 0) is 57.6 Å². The molecule has 0 aliphatic carbocycles. The van der Waals surface area contributed by atoms with E-state index in [1.54, 1.807) is 11.3 Å². The van der Waals surface area contributed by atoms with E-state index in [0.29, 0.717) is 11.5 Å². The number of likely N-dealkylation sites (tertiary alicyclic amines) is 1. The van der Waals surface area contributed by atoms with Crippen molar-refractivity contribution in [3.05, 3.63) is 52.0 Å². The number of aromatic nitrogens is 1. The Balaban J connectivity index is 1.46. The summed E-state index contributed by atoms with van der Waals surface area (Å²) in [5, 5.41) is 3.39. The Kier molecular flexibility index (Phi) is 5.72. The summed E-state index contributed by atoms with van der Waals surface area (Å²) in [6.45, 7) is 6.36. The number of nitrogens with zero attached hydrogens (tertiary/aromatic N) is 2. The Morgan fingerprint density at radius 2 is 2.15 bits per heavy atom. The third-order valence-corrected chi connectivity index (χ3v) is 6.96. The highest BCUT2D eigenvalue weighted by atomic mass is 32.1. The fourth-order valence-corrected chi connectivity index (χ4v) is 5.32. The first-order valence-corrected chi connectivity index (χ1v) is 10.9. The van der Waals surface area contributed by atoms with Gasteiger partial charge in [0, 0.05) is 30.5 Å². The van der Waals surface area contributed by atoms with Gasteiger partial charge < -0.3 is 4.74 Å². The molecule has 4 rings (SSSR count). The van der Waals surface area contributed by atoms with Crippen LogP contribution in [0, 0.1) is 12.3 Å². The third-order valence-electron chi connectivity index (χ3n) is 6.13. The molecular formula is C22H30N2OS. The first kappa shape index (κ1) is 18.1. The average Bonchev–Trinajstić information content (AvgIpc) is 3.29. The van der Waals surface area contributed by atoms with Crippen molar-refractivity contribution in [3.8, 4) is 0 Å². The van der Waals surface area contributed by atoms with Crippen molar-refractivity contribution in [3.63, 3.8) is 0 Å². The highest BCUT2D eigenvalue weighted by molar-refractivity contribution is 7.09. The molecule has 26 heavy (non-hydrogen) atoms. The molecule has 0 saturated carbocycles. The molecule has 2 atom stereocenters. The van der Waals surface area contributed by atoms with E-state index < -0.39 is 0 Å². The lowest BCUT2D eigenvalue weighted by Gasteiger charge is -2.40. The summed E-state index contributed by atoms with van der Waals surface area (Å²) in [4.78, 5) is 7.28. The highest BCUT2D eigenvalue weighted by Crippen LogP contribution is 2.43. The Bertz CT molecular complexity index is 695. The lowest BCUT2D eigenvalue weighted by molar-refractivity contribution is -0.0684. The quantitative estimate of drug-likeness (QED) is 0.727. The minimum absolute atomic E-state index is 0.307. The van der Waals surface area contributed by atoms with Crippen molar-refractivity contribution in [2.24, 2.45) is 5.41 Å². The molecular weight excluding hydrogens is 340 g/mol. The molecule has 2 aliphatic heterocycles. The second-order valence-corrected chi connectivity index (χ2v) is 9.08. The first-order chi connectivity index (χ1) is 12.7. The molecule has 3 nitrogen and oxygen atoms in total. The largest absolute Gasteiger partial charge is 0.378 e. The van der Waals surface area contributed by atoms with Gasteiger partial charge >= 0.3 is 0 Å². The third kappa shape index (κ3) is 4.19. The van der Waals surface area contributed by atoms with E-state index in [0.717, 1.165) is 26.1 Å². The molecule has 2 aromatic rings. The number of hydrogen-bond donors (Lipinski definition) is 0. The number of rotatable bonds is 6. The molecule has 0 amide bonds. The molecule has 140 valence electrons. The summed E-state index contributed by atoms with van der Waals surface area (Å²) in [6, 6.07) is 11.0. The molecule has 2 saturated heterocycles. The summed E-state index contributed by atoms with van der Waals surface area (Å²) in [6.07, 6.45) is 7.86. The van der Waals surface area contributed by atoms with Gasteiger partial charge in [-0.2, -0.15) is 0 Å². The normalized spacial score (nSPS) is 27.0. The molecule has 1 aromatic heterocycles. The van der Waals surface area contributed by atoms with Crippen LogP contribution < -0.4 is 0 Å². The Morgan fingerprint density at radius 1 is 1.27 bits per heavy atom. The maximum absolute atomic E-state index is 6.32. The van der Waals surface area contributed by atoms with Gasteiger partial charge in [-0.15, -0.1) is 11.3 Å². The van der Waals surface area contributed by atoms with Crippen LogP contribution in [0.4, 0.5) is 0 Å². The molecule has 2 aliphatic rings. The molecule has 2 fully saturated rings. The molecule has 0 spiro atoms. The lowest BCUT2D eigenvalue weighted by atomic mass is 9.74. The summed E-state index contributed by atoms with van der Waals surface area (Å²) in [5.74, 6) is 0. The Morgan fingerprint density at radius 3 is 2.88 bits per heavy atom. The van der Waals surface area contributed by atoms with Crippen LogP contribution in [-0.2, 0) is 17.7 Å². The summed E-state index contributed by atoms with van der Waals surface area (Å²) in [7, 11) is 0. The molecule has 4 heteroatoms. The van der Waals surface area contributed by atoms with Gasteiger partial charge in [-0.25, -0.2) is 4.98 Å². The number of hydrogen-bond acceptors (Lipinski definition) is 4. The van der Waals surface area contributed by atoms with E-state index in [-0.39, 0.29) is 0 Å². The number of ether oxygens (including phenoxy) is 1. The van der Waals surface area contributed by atoms with Gasteiger partial charge in [0.05, 0.1) is 16.8 Å². The van der Waals surface area contributed by atoms with Crippen LogP contribution in [0.2, 0.25) is 0 Å². The van der Waals surface area contributed by atoms with Crippen molar-refractivity contribution in [1.82, 2.24) is 9.88 Å². The first-order valence-electron chi connectivity index (χ1n) is 10.0. The number of thiazole rings is 1. The predicted molar refractivity (Wildman–Crippen MR) is 108 cm³/mol. The SMILES string of the molecule is Cc1nc(CN2CCC(CCc3ccccc3)(C3CCCCO3)C2)cs1. The molecule has 0 radical (unpaired) electrons.